The number of ether oxygens (including phenoxy) is 1. The van der Waals surface area contributed by atoms with Crippen molar-refractivity contribution in [2.45, 2.75) is 32.7 Å². The van der Waals surface area contributed by atoms with Gasteiger partial charge in [-0.25, -0.2) is 4.68 Å². The Morgan fingerprint density at radius 2 is 1.90 bits per heavy atom. The Morgan fingerprint density at radius 1 is 1.14 bits per heavy atom. The molecular formula is C22H25N5O2. The van der Waals surface area contributed by atoms with Crippen LogP contribution < -0.4 is 15.6 Å². The van der Waals surface area contributed by atoms with Gasteiger partial charge in [-0.1, -0.05) is 12.1 Å². The first-order valence-electron chi connectivity index (χ1n) is 9.78. The van der Waals surface area contributed by atoms with Crippen LogP contribution >= 0.6 is 0 Å². The summed E-state index contributed by atoms with van der Waals surface area (Å²) >= 11 is 0. The van der Waals surface area contributed by atoms with Gasteiger partial charge in [-0.2, -0.15) is 0 Å². The summed E-state index contributed by atoms with van der Waals surface area (Å²) in [7, 11) is 1.63. The molecule has 1 aliphatic carbocycles. The molecule has 0 radical (unpaired) electrons. The lowest BCUT2D eigenvalue weighted by Crippen LogP contribution is -2.24. The maximum atomic E-state index is 12.4. The van der Waals surface area contributed by atoms with Crippen molar-refractivity contribution in [3.8, 4) is 5.88 Å². The van der Waals surface area contributed by atoms with E-state index in [1.807, 2.05) is 38.4 Å². The van der Waals surface area contributed by atoms with Crippen molar-refractivity contribution >= 4 is 5.69 Å². The summed E-state index contributed by atoms with van der Waals surface area (Å²) in [6, 6.07) is 9.79. The molecule has 150 valence electrons. The molecule has 0 amide bonds. The monoisotopic (exact) mass is 391 g/mol. The minimum absolute atomic E-state index is 0.197. The number of hydrogen-bond acceptors (Lipinski definition) is 6. The van der Waals surface area contributed by atoms with E-state index in [4.69, 9.17) is 4.74 Å². The van der Waals surface area contributed by atoms with Crippen molar-refractivity contribution in [1.29, 1.82) is 0 Å². The molecule has 1 unspecified atom stereocenters. The lowest BCUT2D eigenvalue weighted by molar-refractivity contribution is 0.278. The van der Waals surface area contributed by atoms with Crippen molar-refractivity contribution < 1.29 is 4.74 Å². The fraction of sp³-hybridized carbons (Fsp3) is 0.364. The van der Waals surface area contributed by atoms with Gasteiger partial charge in [0.05, 0.1) is 18.8 Å². The predicted molar refractivity (Wildman–Crippen MR) is 111 cm³/mol. The molecule has 3 heterocycles. The molecule has 3 aromatic rings. The molecule has 1 fully saturated rings. The van der Waals surface area contributed by atoms with E-state index < -0.39 is 0 Å². The van der Waals surface area contributed by atoms with Crippen LogP contribution in [0, 0.1) is 19.8 Å². The Hall–Kier alpha value is -3.22. The second-order valence-electron chi connectivity index (χ2n) is 7.68. The molecule has 3 aromatic heterocycles. The van der Waals surface area contributed by atoms with E-state index in [1.165, 1.54) is 4.68 Å². The quantitative estimate of drug-likeness (QED) is 0.667. The number of aryl methyl sites for hydroxylation is 3. The van der Waals surface area contributed by atoms with Gasteiger partial charge in [-0.15, -0.1) is 5.10 Å². The fourth-order valence-corrected chi connectivity index (χ4v) is 3.25. The highest BCUT2D eigenvalue weighted by molar-refractivity contribution is 5.43. The molecule has 7 nitrogen and oxygen atoms in total. The molecule has 1 aliphatic rings. The molecule has 4 rings (SSSR count). The summed E-state index contributed by atoms with van der Waals surface area (Å²) in [6.07, 6.45) is 4.78. The highest BCUT2D eigenvalue weighted by Gasteiger charge is 2.40. The summed E-state index contributed by atoms with van der Waals surface area (Å²) in [6.45, 7) is 5.05. The number of nitrogens with zero attached hydrogens (tertiary/aromatic N) is 4. The van der Waals surface area contributed by atoms with E-state index in [1.54, 1.807) is 13.1 Å². The Morgan fingerprint density at radius 3 is 2.59 bits per heavy atom. The molecule has 0 spiro atoms. The fourth-order valence-electron chi connectivity index (χ4n) is 3.25. The number of anilines is 1. The summed E-state index contributed by atoms with van der Waals surface area (Å²) in [5, 5.41) is 7.37. The Kier molecular flexibility index (Phi) is 5.29. The van der Waals surface area contributed by atoms with E-state index in [-0.39, 0.29) is 5.56 Å². The third-order valence-corrected chi connectivity index (χ3v) is 5.16. The Bertz CT molecular complexity index is 1040. The Labute approximate surface area is 169 Å². The van der Waals surface area contributed by atoms with Crippen molar-refractivity contribution in [3.63, 3.8) is 0 Å². The van der Waals surface area contributed by atoms with Crippen LogP contribution in [0.3, 0.4) is 0 Å². The van der Waals surface area contributed by atoms with Gasteiger partial charge in [-0.3, -0.25) is 14.8 Å². The second kappa shape index (κ2) is 8.03. The van der Waals surface area contributed by atoms with E-state index in [9.17, 15) is 4.79 Å². The maximum Gasteiger partial charge on any atom is 0.290 e. The van der Waals surface area contributed by atoms with Gasteiger partial charge in [0.1, 0.15) is 5.69 Å². The van der Waals surface area contributed by atoms with E-state index in [0.29, 0.717) is 36.6 Å². The van der Waals surface area contributed by atoms with Gasteiger partial charge in [0.25, 0.3) is 5.56 Å². The molecule has 2 atom stereocenters. The van der Waals surface area contributed by atoms with E-state index >= 15 is 0 Å². The van der Waals surface area contributed by atoms with Crippen LogP contribution in [-0.2, 0) is 13.6 Å². The summed E-state index contributed by atoms with van der Waals surface area (Å²) in [5.74, 6) is 1.31. The smallest absolute Gasteiger partial charge is 0.290 e. The van der Waals surface area contributed by atoms with Gasteiger partial charge >= 0.3 is 0 Å². The van der Waals surface area contributed by atoms with Crippen LogP contribution in [-0.4, -0.2) is 26.4 Å². The lowest BCUT2D eigenvalue weighted by atomic mass is 10.2. The minimum atomic E-state index is -0.197. The zero-order chi connectivity index (χ0) is 20.4. The van der Waals surface area contributed by atoms with Crippen molar-refractivity contribution in [3.05, 3.63) is 75.6 Å². The molecule has 1 N–H and O–H groups in total. The first-order chi connectivity index (χ1) is 14.0. The number of hydrogen-bond donors (Lipinski definition) is 1. The van der Waals surface area contributed by atoms with Gasteiger partial charge in [0.2, 0.25) is 5.88 Å². The maximum absolute atomic E-state index is 12.4. The first-order valence-corrected chi connectivity index (χ1v) is 9.78. The van der Waals surface area contributed by atoms with Gasteiger partial charge in [-0.05, 0) is 43.5 Å². The molecule has 0 bridgehead atoms. The highest BCUT2D eigenvalue weighted by atomic mass is 16.5. The zero-order valence-electron chi connectivity index (χ0n) is 16.9. The average molecular weight is 391 g/mol. The SMILES string of the molecule is Cc1ccc(CNc2cc(OCC3C[C@H]3c3ccc(C)cn3)nn(C)c2=O)nc1. The number of aromatic nitrogens is 4. The largest absolute Gasteiger partial charge is 0.476 e. The predicted octanol–water partition coefficient (Wildman–Crippen LogP) is 2.98. The van der Waals surface area contributed by atoms with Gasteiger partial charge in [0, 0.05) is 43.0 Å². The first kappa shape index (κ1) is 19.1. The molecule has 7 heteroatoms. The molecule has 0 aliphatic heterocycles. The average Bonchev–Trinajstić information content (AvgIpc) is 3.49. The van der Waals surface area contributed by atoms with Crippen LogP contribution in [0.4, 0.5) is 5.69 Å². The van der Waals surface area contributed by atoms with Crippen LogP contribution in [0.2, 0.25) is 0 Å². The standard InChI is InChI=1S/C22H25N5O2/c1-14-4-6-17(23-10-14)12-25-20-9-21(26-27(3)22(20)28)29-13-16-8-18(16)19-7-5-15(2)11-24-19/h4-7,9-11,16,18,25H,8,12-13H2,1-3H3/t16?,18-/m1/s1. The van der Waals surface area contributed by atoms with Crippen molar-refractivity contribution in [2.24, 2.45) is 13.0 Å². The molecule has 1 saturated carbocycles. The van der Waals surface area contributed by atoms with Crippen molar-refractivity contribution in [2.75, 3.05) is 11.9 Å². The third kappa shape index (κ3) is 4.62. The number of nitrogens with one attached hydrogen (secondary N) is 1. The van der Waals surface area contributed by atoms with Crippen LogP contribution in [0.1, 0.15) is 34.9 Å². The van der Waals surface area contributed by atoms with E-state index in [2.05, 4.69) is 32.5 Å². The topological polar surface area (TPSA) is 81.9 Å². The zero-order valence-corrected chi connectivity index (χ0v) is 16.9. The number of rotatable bonds is 7. The van der Waals surface area contributed by atoms with Crippen molar-refractivity contribution in [1.82, 2.24) is 19.7 Å². The minimum Gasteiger partial charge on any atom is -0.476 e. The molecular weight excluding hydrogens is 366 g/mol. The summed E-state index contributed by atoms with van der Waals surface area (Å²) in [5.41, 5.74) is 4.50. The molecule has 0 saturated heterocycles. The molecule has 0 aromatic carbocycles. The molecule has 29 heavy (non-hydrogen) atoms. The Balaban J connectivity index is 1.37. The van der Waals surface area contributed by atoms with Crippen LogP contribution in [0.5, 0.6) is 5.88 Å². The third-order valence-electron chi connectivity index (χ3n) is 5.16. The lowest BCUT2D eigenvalue weighted by Gasteiger charge is -2.10. The van der Waals surface area contributed by atoms with E-state index in [0.717, 1.165) is 28.9 Å². The highest BCUT2D eigenvalue weighted by Crippen LogP contribution is 2.46. The second-order valence-corrected chi connectivity index (χ2v) is 7.68. The van der Waals surface area contributed by atoms with Crippen LogP contribution in [0.25, 0.3) is 0 Å². The summed E-state index contributed by atoms with van der Waals surface area (Å²) in [4.78, 5) is 21.2. The van der Waals surface area contributed by atoms with Crippen LogP contribution in [0.15, 0.2) is 47.5 Å². The van der Waals surface area contributed by atoms with Gasteiger partial charge in [0.15, 0.2) is 0 Å². The normalized spacial score (nSPS) is 17.8. The number of pyridine rings is 2. The summed E-state index contributed by atoms with van der Waals surface area (Å²) < 4.78 is 7.19. The van der Waals surface area contributed by atoms with Gasteiger partial charge < -0.3 is 10.1 Å².